The molecule has 0 aromatic carbocycles. The first-order valence-corrected chi connectivity index (χ1v) is 7.85. The molecule has 4 heteroatoms. The molecule has 2 aliphatic rings. The van der Waals surface area contributed by atoms with Gasteiger partial charge in [-0.3, -0.25) is 0 Å². The van der Waals surface area contributed by atoms with Gasteiger partial charge in [0.25, 0.3) is 0 Å². The minimum Gasteiger partial charge on any atom is -0.354 e. The van der Waals surface area contributed by atoms with Crippen molar-refractivity contribution in [1.82, 2.24) is 15.2 Å². The second-order valence-electron chi connectivity index (χ2n) is 6.38. The number of likely N-dealkylation sites (N-methyl/N-ethyl adjacent to an activating group) is 1. The van der Waals surface area contributed by atoms with Crippen molar-refractivity contribution in [2.24, 2.45) is 5.92 Å². The SMILES string of the molecule is C[C@H]1CCC(c2ccc(N3CCN(C)CC3)nc2)NC1. The number of piperidine rings is 1. The normalized spacial score (nSPS) is 28.6. The third-order valence-corrected chi connectivity index (χ3v) is 4.66. The van der Waals surface area contributed by atoms with Crippen molar-refractivity contribution in [1.29, 1.82) is 0 Å². The van der Waals surface area contributed by atoms with Crippen LogP contribution in [0.1, 0.15) is 31.4 Å². The molecule has 1 unspecified atom stereocenters. The van der Waals surface area contributed by atoms with Crippen LogP contribution in [0.4, 0.5) is 5.82 Å². The maximum atomic E-state index is 4.69. The number of anilines is 1. The first-order valence-electron chi connectivity index (χ1n) is 7.85. The maximum Gasteiger partial charge on any atom is 0.128 e. The van der Waals surface area contributed by atoms with Crippen LogP contribution in [-0.4, -0.2) is 49.7 Å². The van der Waals surface area contributed by atoms with E-state index in [0.717, 1.165) is 44.5 Å². The molecule has 0 aliphatic carbocycles. The molecule has 2 saturated heterocycles. The van der Waals surface area contributed by atoms with E-state index in [1.54, 1.807) is 0 Å². The first-order chi connectivity index (χ1) is 9.72. The topological polar surface area (TPSA) is 31.4 Å². The average Bonchev–Trinajstić information content (AvgIpc) is 2.49. The molecule has 1 aromatic heterocycles. The summed E-state index contributed by atoms with van der Waals surface area (Å²) in [4.78, 5) is 9.45. The van der Waals surface area contributed by atoms with Crippen LogP contribution in [0.5, 0.6) is 0 Å². The van der Waals surface area contributed by atoms with Crippen LogP contribution in [0.25, 0.3) is 0 Å². The summed E-state index contributed by atoms with van der Waals surface area (Å²) in [6.45, 7) is 7.88. The molecule has 0 saturated carbocycles. The standard InChI is InChI=1S/C16H26N4/c1-13-3-5-15(17-11-13)14-4-6-16(18-12-14)20-9-7-19(2)8-10-20/h4,6,12-13,15,17H,3,5,7-11H2,1-2H3/t13-,15?/m0/s1. The number of nitrogens with one attached hydrogen (secondary N) is 1. The van der Waals surface area contributed by atoms with Crippen molar-refractivity contribution in [2.75, 3.05) is 44.7 Å². The molecular formula is C16H26N4. The molecule has 1 aromatic rings. The molecule has 110 valence electrons. The number of nitrogens with zero attached hydrogens (tertiary/aromatic N) is 3. The van der Waals surface area contributed by atoms with Crippen LogP contribution >= 0.6 is 0 Å². The van der Waals surface area contributed by atoms with Gasteiger partial charge in [0.15, 0.2) is 0 Å². The third-order valence-electron chi connectivity index (χ3n) is 4.66. The minimum absolute atomic E-state index is 0.500. The van der Waals surface area contributed by atoms with Crippen molar-refractivity contribution in [3.63, 3.8) is 0 Å². The predicted octanol–water partition coefficient (Wildman–Crippen LogP) is 1.89. The van der Waals surface area contributed by atoms with Gasteiger partial charge in [-0.15, -0.1) is 0 Å². The van der Waals surface area contributed by atoms with Crippen LogP contribution < -0.4 is 10.2 Å². The van der Waals surface area contributed by atoms with E-state index in [0.29, 0.717) is 6.04 Å². The van der Waals surface area contributed by atoms with E-state index in [2.05, 4.69) is 52.4 Å². The Morgan fingerprint density at radius 2 is 1.95 bits per heavy atom. The summed E-state index contributed by atoms with van der Waals surface area (Å²) < 4.78 is 0. The summed E-state index contributed by atoms with van der Waals surface area (Å²) >= 11 is 0. The summed E-state index contributed by atoms with van der Waals surface area (Å²) in [5.74, 6) is 1.94. The van der Waals surface area contributed by atoms with Gasteiger partial charge in [-0.05, 0) is 44.0 Å². The highest BCUT2D eigenvalue weighted by Crippen LogP contribution is 2.26. The van der Waals surface area contributed by atoms with Gasteiger partial charge >= 0.3 is 0 Å². The van der Waals surface area contributed by atoms with E-state index in [1.807, 2.05) is 0 Å². The van der Waals surface area contributed by atoms with Gasteiger partial charge in [-0.2, -0.15) is 0 Å². The fraction of sp³-hybridized carbons (Fsp3) is 0.688. The number of aromatic nitrogens is 1. The van der Waals surface area contributed by atoms with Crippen molar-refractivity contribution < 1.29 is 0 Å². The fourth-order valence-electron chi connectivity index (χ4n) is 3.11. The molecule has 0 radical (unpaired) electrons. The smallest absolute Gasteiger partial charge is 0.128 e. The van der Waals surface area contributed by atoms with E-state index in [1.165, 1.54) is 18.4 Å². The lowest BCUT2D eigenvalue weighted by molar-refractivity contribution is 0.312. The van der Waals surface area contributed by atoms with Gasteiger partial charge in [0.2, 0.25) is 0 Å². The summed E-state index contributed by atoms with van der Waals surface area (Å²) in [5, 5.41) is 3.63. The van der Waals surface area contributed by atoms with Gasteiger partial charge in [-0.25, -0.2) is 4.98 Å². The lowest BCUT2D eigenvalue weighted by Crippen LogP contribution is -2.44. The molecule has 0 bridgehead atoms. The second-order valence-corrected chi connectivity index (χ2v) is 6.38. The Labute approximate surface area is 122 Å². The second kappa shape index (κ2) is 6.10. The Kier molecular flexibility index (Phi) is 4.22. The molecule has 20 heavy (non-hydrogen) atoms. The molecule has 0 spiro atoms. The zero-order valence-corrected chi connectivity index (χ0v) is 12.7. The lowest BCUT2D eigenvalue weighted by Gasteiger charge is -2.33. The van der Waals surface area contributed by atoms with Crippen LogP contribution in [0.15, 0.2) is 18.3 Å². The summed E-state index contributed by atoms with van der Waals surface area (Å²) in [5.41, 5.74) is 1.34. The Balaban J connectivity index is 1.62. The number of piperazine rings is 1. The van der Waals surface area contributed by atoms with E-state index in [-0.39, 0.29) is 0 Å². The zero-order valence-electron chi connectivity index (χ0n) is 12.7. The first kappa shape index (κ1) is 13.8. The highest BCUT2D eigenvalue weighted by Gasteiger charge is 2.20. The van der Waals surface area contributed by atoms with Gasteiger partial charge < -0.3 is 15.1 Å². The monoisotopic (exact) mass is 274 g/mol. The molecule has 0 amide bonds. The van der Waals surface area contributed by atoms with Gasteiger partial charge in [0, 0.05) is 38.4 Å². The largest absolute Gasteiger partial charge is 0.354 e. The van der Waals surface area contributed by atoms with E-state index < -0.39 is 0 Å². The average molecular weight is 274 g/mol. The Bertz CT molecular complexity index is 374. The molecule has 2 atom stereocenters. The number of hydrogen-bond donors (Lipinski definition) is 1. The molecule has 3 heterocycles. The third kappa shape index (κ3) is 3.13. The number of hydrogen-bond acceptors (Lipinski definition) is 4. The highest BCUT2D eigenvalue weighted by molar-refractivity contribution is 5.40. The van der Waals surface area contributed by atoms with Crippen molar-refractivity contribution in [2.45, 2.75) is 25.8 Å². The predicted molar refractivity (Wildman–Crippen MR) is 83.1 cm³/mol. The maximum absolute atomic E-state index is 4.69. The summed E-state index contributed by atoms with van der Waals surface area (Å²) in [7, 11) is 2.18. The van der Waals surface area contributed by atoms with Crippen molar-refractivity contribution >= 4 is 5.82 Å². The van der Waals surface area contributed by atoms with Crippen molar-refractivity contribution in [3.05, 3.63) is 23.9 Å². The number of pyridine rings is 1. The van der Waals surface area contributed by atoms with Crippen LogP contribution in [0, 0.1) is 5.92 Å². The minimum atomic E-state index is 0.500. The van der Waals surface area contributed by atoms with E-state index in [4.69, 9.17) is 0 Å². The summed E-state index contributed by atoms with van der Waals surface area (Å²) in [6, 6.07) is 4.95. The molecule has 2 fully saturated rings. The molecule has 4 nitrogen and oxygen atoms in total. The fourth-order valence-corrected chi connectivity index (χ4v) is 3.11. The highest BCUT2D eigenvalue weighted by atomic mass is 15.3. The Morgan fingerprint density at radius 1 is 1.15 bits per heavy atom. The van der Waals surface area contributed by atoms with Gasteiger partial charge in [0.1, 0.15) is 5.82 Å². The van der Waals surface area contributed by atoms with E-state index in [9.17, 15) is 0 Å². The van der Waals surface area contributed by atoms with Crippen LogP contribution in [0.2, 0.25) is 0 Å². The molecule has 2 aliphatic heterocycles. The molecule has 1 N–H and O–H groups in total. The van der Waals surface area contributed by atoms with Gasteiger partial charge in [-0.1, -0.05) is 13.0 Å². The molecule has 3 rings (SSSR count). The van der Waals surface area contributed by atoms with E-state index >= 15 is 0 Å². The van der Waals surface area contributed by atoms with Crippen LogP contribution in [-0.2, 0) is 0 Å². The molecular weight excluding hydrogens is 248 g/mol. The number of rotatable bonds is 2. The lowest BCUT2D eigenvalue weighted by atomic mass is 9.93. The van der Waals surface area contributed by atoms with Crippen molar-refractivity contribution in [3.8, 4) is 0 Å². The van der Waals surface area contributed by atoms with Gasteiger partial charge in [0.05, 0.1) is 0 Å². The zero-order chi connectivity index (χ0) is 13.9. The van der Waals surface area contributed by atoms with Crippen LogP contribution in [0.3, 0.4) is 0 Å². The Morgan fingerprint density at radius 3 is 2.55 bits per heavy atom. The summed E-state index contributed by atoms with van der Waals surface area (Å²) in [6.07, 6.45) is 4.62. The Hall–Kier alpha value is -1.13. The quantitative estimate of drug-likeness (QED) is 0.892.